The zero-order chi connectivity index (χ0) is 28.1. The molecule has 0 aliphatic rings. The number of rotatable bonds is 20. The molecule has 2 heteroatoms. The number of hydrogen-bond donors (Lipinski definition) is 0. The molecule has 0 N–H and O–H groups in total. The van der Waals surface area contributed by atoms with E-state index in [9.17, 15) is 0 Å². The van der Waals surface area contributed by atoms with Crippen LogP contribution in [0.2, 0.25) is 0 Å². The number of benzene rings is 3. The molecule has 3 aromatic rings. The summed E-state index contributed by atoms with van der Waals surface area (Å²) in [6, 6.07) is 26.8. The van der Waals surface area contributed by atoms with Gasteiger partial charge in [0.2, 0.25) is 0 Å². The zero-order valence-electron chi connectivity index (χ0n) is 25.0. The van der Waals surface area contributed by atoms with Gasteiger partial charge in [0.25, 0.3) is 0 Å². The molecule has 0 saturated carbocycles. The molecule has 0 amide bonds. The van der Waals surface area contributed by atoms with Gasteiger partial charge in [-0.2, -0.15) is 0 Å². The molecule has 0 atom stereocenters. The van der Waals surface area contributed by atoms with Gasteiger partial charge in [0.15, 0.2) is 0 Å². The lowest BCUT2D eigenvalue weighted by Gasteiger charge is -2.03. The second-order valence-corrected chi connectivity index (χ2v) is 13.0. The molecular formula is C38H50S2. The van der Waals surface area contributed by atoms with Crippen LogP contribution in [-0.2, 0) is 0 Å². The summed E-state index contributed by atoms with van der Waals surface area (Å²) in [7, 11) is 0. The first-order valence-electron chi connectivity index (χ1n) is 15.7. The van der Waals surface area contributed by atoms with Gasteiger partial charge in [-0.15, -0.1) is 23.5 Å². The lowest BCUT2D eigenvalue weighted by Crippen LogP contribution is -1.83. The van der Waals surface area contributed by atoms with Gasteiger partial charge in [0, 0.05) is 9.79 Å². The maximum absolute atomic E-state index is 2.28. The molecule has 0 saturated heterocycles. The molecule has 3 rings (SSSR count). The molecule has 0 unspecified atom stereocenters. The molecule has 0 fully saturated rings. The molecule has 3 aromatic carbocycles. The quantitative estimate of drug-likeness (QED) is 0.0752. The van der Waals surface area contributed by atoms with Crippen molar-refractivity contribution in [2.75, 3.05) is 11.5 Å². The van der Waals surface area contributed by atoms with Crippen molar-refractivity contribution in [1.29, 1.82) is 0 Å². The minimum absolute atomic E-state index is 1.23. The van der Waals surface area contributed by atoms with Crippen LogP contribution < -0.4 is 0 Å². The first-order valence-corrected chi connectivity index (χ1v) is 17.7. The number of hydrogen-bond acceptors (Lipinski definition) is 2. The van der Waals surface area contributed by atoms with E-state index in [1.807, 2.05) is 23.5 Å². The molecule has 0 heterocycles. The van der Waals surface area contributed by atoms with E-state index in [0.717, 1.165) is 0 Å². The summed E-state index contributed by atoms with van der Waals surface area (Å²) in [6.45, 7) is 4.56. The molecule has 0 spiro atoms. The Labute approximate surface area is 254 Å². The van der Waals surface area contributed by atoms with Crippen molar-refractivity contribution in [2.24, 2.45) is 0 Å². The van der Waals surface area contributed by atoms with Crippen molar-refractivity contribution in [2.45, 2.75) is 101 Å². The molecule has 214 valence electrons. The third-order valence-corrected chi connectivity index (χ3v) is 9.36. The van der Waals surface area contributed by atoms with E-state index in [-0.39, 0.29) is 0 Å². The third-order valence-electron chi connectivity index (χ3n) is 7.17. The number of thioether (sulfide) groups is 2. The van der Waals surface area contributed by atoms with E-state index < -0.39 is 0 Å². The van der Waals surface area contributed by atoms with Gasteiger partial charge in [-0.3, -0.25) is 0 Å². The van der Waals surface area contributed by atoms with Gasteiger partial charge in [-0.25, -0.2) is 0 Å². The Kier molecular flexibility index (Phi) is 16.7. The van der Waals surface area contributed by atoms with Gasteiger partial charge < -0.3 is 0 Å². The Morgan fingerprint density at radius 1 is 0.375 bits per heavy atom. The molecule has 0 nitrogen and oxygen atoms in total. The van der Waals surface area contributed by atoms with Crippen molar-refractivity contribution >= 4 is 47.8 Å². The molecule has 40 heavy (non-hydrogen) atoms. The van der Waals surface area contributed by atoms with Crippen LogP contribution in [0.1, 0.15) is 113 Å². The summed E-state index contributed by atoms with van der Waals surface area (Å²) >= 11 is 3.97. The Hall–Kier alpha value is -2.16. The van der Waals surface area contributed by atoms with E-state index in [2.05, 4.69) is 111 Å². The SMILES string of the molecule is CCCCCCCCSc1ccc(/C=C/c2ccc(/C=C/c3ccc(SCCCCCCCC)cc3)cc2)cc1. The maximum atomic E-state index is 2.28. The average Bonchev–Trinajstić information content (AvgIpc) is 3.00. The maximum Gasteiger partial charge on any atom is 0.00723 e. The standard InChI is InChI=1S/C38H50S2/c1-3-5-7-9-11-13-31-39-37-27-23-35(24-28-37)21-19-33-15-17-34(18-16-33)20-22-36-25-29-38(30-26-36)40-32-14-12-10-8-6-4-2/h15-30H,3-14,31-32H2,1-2H3/b21-19+,22-20+. The molecule has 0 aromatic heterocycles. The molecular weight excluding hydrogens is 521 g/mol. The first-order chi connectivity index (χ1) is 19.8. The fraction of sp³-hybridized carbons (Fsp3) is 0.421. The van der Waals surface area contributed by atoms with Crippen LogP contribution in [0.3, 0.4) is 0 Å². The Morgan fingerprint density at radius 2 is 0.650 bits per heavy atom. The van der Waals surface area contributed by atoms with E-state index in [4.69, 9.17) is 0 Å². The first kappa shape index (κ1) is 32.4. The zero-order valence-corrected chi connectivity index (χ0v) is 26.6. The van der Waals surface area contributed by atoms with E-state index in [1.54, 1.807) is 0 Å². The van der Waals surface area contributed by atoms with Crippen molar-refractivity contribution in [1.82, 2.24) is 0 Å². The minimum Gasteiger partial charge on any atom is -0.126 e. The van der Waals surface area contributed by atoms with Crippen molar-refractivity contribution in [3.8, 4) is 0 Å². The van der Waals surface area contributed by atoms with Gasteiger partial charge >= 0.3 is 0 Å². The highest BCUT2D eigenvalue weighted by molar-refractivity contribution is 7.99. The van der Waals surface area contributed by atoms with Crippen molar-refractivity contribution < 1.29 is 0 Å². The van der Waals surface area contributed by atoms with E-state index in [0.29, 0.717) is 0 Å². The summed E-state index contributed by atoms with van der Waals surface area (Å²) in [5, 5.41) is 0. The summed E-state index contributed by atoms with van der Waals surface area (Å²) in [4.78, 5) is 2.76. The van der Waals surface area contributed by atoms with Crippen LogP contribution in [0.15, 0.2) is 82.6 Å². The highest BCUT2D eigenvalue weighted by atomic mass is 32.2. The van der Waals surface area contributed by atoms with Crippen molar-refractivity contribution in [3.63, 3.8) is 0 Å². The largest absolute Gasteiger partial charge is 0.126 e. The highest BCUT2D eigenvalue weighted by Crippen LogP contribution is 2.23. The molecule has 0 aliphatic heterocycles. The fourth-order valence-electron chi connectivity index (χ4n) is 4.60. The van der Waals surface area contributed by atoms with Crippen LogP contribution in [0.25, 0.3) is 24.3 Å². The van der Waals surface area contributed by atoms with E-state index in [1.165, 1.54) is 121 Å². The molecule has 0 aliphatic carbocycles. The smallest absolute Gasteiger partial charge is 0.00723 e. The highest BCUT2D eigenvalue weighted by Gasteiger charge is 1.98. The minimum atomic E-state index is 1.23. The predicted molar refractivity (Wildman–Crippen MR) is 185 cm³/mol. The van der Waals surface area contributed by atoms with Gasteiger partial charge in [-0.1, -0.05) is 151 Å². The van der Waals surface area contributed by atoms with E-state index >= 15 is 0 Å². The fourth-order valence-corrected chi connectivity index (χ4v) is 6.42. The third kappa shape index (κ3) is 14.0. The van der Waals surface area contributed by atoms with Gasteiger partial charge in [0.1, 0.15) is 0 Å². The number of unbranched alkanes of at least 4 members (excludes halogenated alkanes) is 10. The Balaban J connectivity index is 1.36. The lowest BCUT2D eigenvalue weighted by molar-refractivity contribution is 0.627. The summed E-state index contributed by atoms with van der Waals surface area (Å²) in [5.74, 6) is 2.46. The summed E-state index contributed by atoms with van der Waals surface area (Å²) < 4.78 is 0. The van der Waals surface area contributed by atoms with Gasteiger partial charge in [0.05, 0.1) is 0 Å². The Bertz CT molecular complexity index is 1000. The topological polar surface area (TPSA) is 0 Å². The van der Waals surface area contributed by atoms with Crippen LogP contribution in [-0.4, -0.2) is 11.5 Å². The van der Waals surface area contributed by atoms with Crippen LogP contribution in [0, 0.1) is 0 Å². The Morgan fingerprint density at radius 3 is 0.975 bits per heavy atom. The average molecular weight is 571 g/mol. The monoisotopic (exact) mass is 570 g/mol. The van der Waals surface area contributed by atoms with Gasteiger partial charge in [-0.05, 0) is 70.9 Å². The second-order valence-electron chi connectivity index (χ2n) is 10.7. The summed E-state index contributed by atoms with van der Waals surface area (Å²) in [6.07, 6.45) is 25.2. The summed E-state index contributed by atoms with van der Waals surface area (Å²) in [5.41, 5.74) is 4.96. The van der Waals surface area contributed by atoms with Crippen LogP contribution >= 0.6 is 23.5 Å². The van der Waals surface area contributed by atoms with Crippen molar-refractivity contribution in [3.05, 3.63) is 95.1 Å². The van der Waals surface area contributed by atoms with Crippen LogP contribution in [0.5, 0.6) is 0 Å². The van der Waals surface area contributed by atoms with Crippen LogP contribution in [0.4, 0.5) is 0 Å². The normalized spacial score (nSPS) is 11.7. The second kappa shape index (κ2) is 20.7. The molecule has 0 radical (unpaired) electrons. The lowest BCUT2D eigenvalue weighted by atomic mass is 10.1. The molecule has 0 bridgehead atoms. The predicted octanol–water partition coefficient (Wildman–Crippen LogP) is 12.9.